The second kappa shape index (κ2) is 10.4. The predicted molar refractivity (Wildman–Crippen MR) is 116 cm³/mol. The molecule has 184 valence electrons. The van der Waals surface area contributed by atoms with Crippen LogP contribution in [0.15, 0.2) is 53.4 Å². The standard InChI is InChI=1S/C23H15F7N2O2S/c1-11-4-2-5-12(8-11)22(34)31-13-6-3-7-14(9-13)35-10-15(33)32-21-19(26)17(24)16(23(28,29)30)18(25)20(21)27/h2-9H,10H2,1H3,(H,31,34)(H,32,33). The third kappa shape index (κ3) is 6.13. The van der Waals surface area contributed by atoms with Crippen molar-refractivity contribution in [2.75, 3.05) is 16.4 Å². The van der Waals surface area contributed by atoms with Crippen molar-refractivity contribution in [3.63, 3.8) is 0 Å². The number of benzene rings is 3. The number of aryl methyl sites for hydroxylation is 1. The van der Waals surface area contributed by atoms with Crippen molar-refractivity contribution >= 4 is 35.0 Å². The van der Waals surface area contributed by atoms with Crippen LogP contribution in [-0.4, -0.2) is 17.6 Å². The minimum Gasteiger partial charge on any atom is -0.322 e. The molecule has 0 aliphatic heterocycles. The molecule has 0 fully saturated rings. The summed E-state index contributed by atoms with van der Waals surface area (Å²) in [4.78, 5) is 24.9. The van der Waals surface area contributed by atoms with E-state index in [0.717, 1.165) is 17.3 Å². The molecule has 0 aliphatic carbocycles. The molecule has 2 N–H and O–H groups in total. The molecular formula is C23H15F7N2O2S. The summed E-state index contributed by atoms with van der Waals surface area (Å²) < 4.78 is 93.3. The Morgan fingerprint density at radius 3 is 2.09 bits per heavy atom. The third-order valence-electron chi connectivity index (χ3n) is 4.55. The molecule has 0 bridgehead atoms. The molecule has 0 radical (unpaired) electrons. The Balaban J connectivity index is 1.68. The van der Waals surface area contributed by atoms with E-state index >= 15 is 0 Å². The van der Waals surface area contributed by atoms with Gasteiger partial charge in [-0.05, 0) is 37.3 Å². The summed E-state index contributed by atoms with van der Waals surface area (Å²) >= 11 is 0.839. The average molecular weight is 516 g/mol. The van der Waals surface area contributed by atoms with Crippen LogP contribution in [0.5, 0.6) is 0 Å². The van der Waals surface area contributed by atoms with Gasteiger partial charge in [0.15, 0.2) is 23.3 Å². The van der Waals surface area contributed by atoms with Crippen molar-refractivity contribution in [2.45, 2.75) is 18.0 Å². The van der Waals surface area contributed by atoms with E-state index in [-0.39, 0.29) is 5.91 Å². The molecule has 12 heteroatoms. The SMILES string of the molecule is Cc1cccc(C(=O)Nc2cccc(SCC(=O)Nc3c(F)c(F)c(C(F)(F)F)c(F)c3F)c2)c1. The molecule has 4 nitrogen and oxygen atoms in total. The van der Waals surface area contributed by atoms with Gasteiger partial charge in [0.1, 0.15) is 11.3 Å². The summed E-state index contributed by atoms with van der Waals surface area (Å²) in [5, 5.41) is 4.23. The van der Waals surface area contributed by atoms with Crippen molar-refractivity contribution < 1.29 is 40.3 Å². The fraction of sp³-hybridized carbons (Fsp3) is 0.130. The van der Waals surface area contributed by atoms with Crippen LogP contribution in [0, 0.1) is 30.2 Å². The number of hydrogen-bond acceptors (Lipinski definition) is 3. The van der Waals surface area contributed by atoms with E-state index in [0.29, 0.717) is 16.1 Å². The first kappa shape index (κ1) is 26.1. The third-order valence-corrected chi connectivity index (χ3v) is 5.55. The van der Waals surface area contributed by atoms with Gasteiger partial charge in [-0.1, -0.05) is 23.8 Å². The van der Waals surface area contributed by atoms with Crippen molar-refractivity contribution in [3.05, 3.63) is 88.5 Å². The Morgan fingerprint density at radius 1 is 0.857 bits per heavy atom. The molecule has 0 spiro atoms. The van der Waals surface area contributed by atoms with Crippen LogP contribution >= 0.6 is 11.8 Å². The summed E-state index contributed by atoms with van der Waals surface area (Å²) in [6, 6.07) is 13.0. The van der Waals surface area contributed by atoms with Gasteiger partial charge < -0.3 is 10.6 Å². The van der Waals surface area contributed by atoms with Gasteiger partial charge in [-0.15, -0.1) is 11.8 Å². The molecule has 0 saturated heterocycles. The Labute approximate surface area is 198 Å². The Hall–Kier alpha value is -3.54. The fourth-order valence-electron chi connectivity index (χ4n) is 2.97. The Kier molecular flexibility index (Phi) is 7.73. The number of amides is 2. The molecule has 0 unspecified atom stereocenters. The predicted octanol–water partition coefficient (Wildman–Crippen LogP) is 6.55. The quantitative estimate of drug-likeness (QED) is 0.222. The zero-order valence-electron chi connectivity index (χ0n) is 17.7. The zero-order valence-corrected chi connectivity index (χ0v) is 18.5. The number of carbonyl (C=O) groups is 2. The van der Waals surface area contributed by atoms with Gasteiger partial charge in [0.05, 0.1) is 5.75 Å². The first-order valence-corrected chi connectivity index (χ1v) is 10.7. The van der Waals surface area contributed by atoms with Gasteiger partial charge in [0, 0.05) is 16.1 Å². The molecule has 2 amide bonds. The highest BCUT2D eigenvalue weighted by atomic mass is 32.2. The maximum Gasteiger partial charge on any atom is 0.422 e. The number of nitrogens with one attached hydrogen (secondary N) is 2. The molecule has 0 aromatic heterocycles. The van der Waals surface area contributed by atoms with E-state index in [1.165, 1.54) is 6.07 Å². The van der Waals surface area contributed by atoms with E-state index in [2.05, 4.69) is 5.32 Å². The minimum atomic E-state index is -5.69. The molecule has 0 heterocycles. The molecule has 0 aliphatic rings. The minimum absolute atomic E-state index is 0.380. The molecular weight excluding hydrogens is 501 g/mol. The number of thioether (sulfide) groups is 1. The maximum absolute atomic E-state index is 14.0. The van der Waals surface area contributed by atoms with Gasteiger partial charge in [0.25, 0.3) is 5.91 Å². The topological polar surface area (TPSA) is 58.2 Å². The van der Waals surface area contributed by atoms with E-state index in [4.69, 9.17) is 0 Å². The number of rotatable bonds is 6. The fourth-order valence-corrected chi connectivity index (χ4v) is 3.72. The van der Waals surface area contributed by atoms with E-state index in [1.54, 1.807) is 41.7 Å². The van der Waals surface area contributed by atoms with Crippen LogP contribution in [0.4, 0.5) is 42.1 Å². The summed E-state index contributed by atoms with van der Waals surface area (Å²) in [7, 11) is 0. The lowest BCUT2D eigenvalue weighted by Crippen LogP contribution is -2.21. The number of halogens is 7. The van der Waals surface area contributed by atoms with Crippen LogP contribution < -0.4 is 10.6 Å². The number of hydrogen-bond donors (Lipinski definition) is 2. The van der Waals surface area contributed by atoms with Crippen molar-refractivity contribution in [3.8, 4) is 0 Å². The highest BCUT2D eigenvalue weighted by Gasteiger charge is 2.42. The largest absolute Gasteiger partial charge is 0.422 e. The second-order valence-corrected chi connectivity index (χ2v) is 8.24. The van der Waals surface area contributed by atoms with Crippen LogP contribution in [-0.2, 0) is 11.0 Å². The lowest BCUT2D eigenvalue weighted by atomic mass is 10.1. The van der Waals surface area contributed by atoms with Gasteiger partial charge >= 0.3 is 6.18 Å². The Bertz CT molecular complexity index is 1270. The van der Waals surface area contributed by atoms with E-state index in [9.17, 15) is 40.3 Å². The summed E-state index contributed by atoms with van der Waals surface area (Å²) in [5.74, 6) is -12.1. The molecule has 3 rings (SSSR count). The summed E-state index contributed by atoms with van der Waals surface area (Å²) in [5.41, 5.74) is -2.72. The number of alkyl halides is 3. The van der Waals surface area contributed by atoms with Crippen molar-refractivity contribution in [1.82, 2.24) is 0 Å². The van der Waals surface area contributed by atoms with Crippen molar-refractivity contribution in [2.24, 2.45) is 0 Å². The number of anilines is 2. The molecule has 0 atom stereocenters. The molecule has 35 heavy (non-hydrogen) atoms. The highest BCUT2D eigenvalue weighted by molar-refractivity contribution is 8.00. The zero-order chi connectivity index (χ0) is 25.9. The first-order chi connectivity index (χ1) is 16.4. The second-order valence-electron chi connectivity index (χ2n) is 7.19. The van der Waals surface area contributed by atoms with Gasteiger partial charge in [-0.2, -0.15) is 13.2 Å². The highest BCUT2D eigenvalue weighted by Crippen LogP contribution is 2.38. The normalized spacial score (nSPS) is 11.3. The van der Waals surface area contributed by atoms with Crippen LogP contribution in [0.2, 0.25) is 0 Å². The van der Waals surface area contributed by atoms with Gasteiger partial charge in [-0.25, -0.2) is 17.6 Å². The smallest absolute Gasteiger partial charge is 0.322 e. The summed E-state index contributed by atoms with van der Waals surface area (Å²) in [6.07, 6.45) is -5.69. The lowest BCUT2D eigenvalue weighted by Gasteiger charge is -2.14. The molecule has 3 aromatic carbocycles. The van der Waals surface area contributed by atoms with Crippen LogP contribution in [0.1, 0.15) is 21.5 Å². The maximum atomic E-state index is 14.0. The summed E-state index contributed by atoms with van der Waals surface area (Å²) in [6.45, 7) is 1.82. The monoisotopic (exact) mass is 516 g/mol. The van der Waals surface area contributed by atoms with E-state index in [1.807, 2.05) is 13.0 Å². The van der Waals surface area contributed by atoms with Gasteiger partial charge in [-0.3, -0.25) is 9.59 Å². The van der Waals surface area contributed by atoms with Crippen molar-refractivity contribution in [1.29, 1.82) is 0 Å². The van der Waals surface area contributed by atoms with Crippen LogP contribution in [0.25, 0.3) is 0 Å². The molecule has 3 aromatic rings. The lowest BCUT2D eigenvalue weighted by molar-refractivity contribution is -0.143. The van der Waals surface area contributed by atoms with E-state index < -0.39 is 52.4 Å². The number of carbonyl (C=O) groups excluding carboxylic acids is 2. The molecule has 0 saturated carbocycles. The Morgan fingerprint density at radius 2 is 1.49 bits per heavy atom. The first-order valence-electron chi connectivity index (χ1n) is 9.72. The van der Waals surface area contributed by atoms with Gasteiger partial charge in [0.2, 0.25) is 5.91 Å². The average Bonchev–Trinajstić information content (AvgIpc) is 2.78. The van der Waals surface area contributed by atoms with Crippen LogP contribution in [0.3, 0.4) is 0 Å².